The number of anilines is 1. The number of thiophene rings is 1. The SMILES string of the molecule is COC(=O)c1ccc(N2CC3(CN(C(=O)C[C@@H]4N=C(c5ccc(Cl)cc5)c5c(sc(C)c5C)-n5c(C)nnc54)C3)C2)cc1C#CCNC(=O)OC(C)OC(=O)C(C)C. The number of aliphatic imine (C=N–C) groups is 1. The van der Waals surface area contributed by atoms with Crippen molar-refractivity contribution in [1.82, 2.24) is 25.0 Å². The molecule has 0 radical (unpaired) electrons. The number of carbonyl (C=O) groups excluding carboxylic acids is 4. The standard InChI is InChI=1S/C42H44ClN7O7S/c1-23(2)39(52)56-27(6)57-41(54)44-16-8-9-29-17-31(14-15-32(29)40(53)55-7)48-19-42(20-48)21-49(22-42)34(51)18-33-37-47-46-26(5)50(37)38-35(24(3)25(4)58-38)36(45-33)28-10-12-30(43)13-11-28/h10-15,17,23,27,33H,16,18-22H2,1-7H3,(H,44,54)/t27?,33-/m0/s1. The number of aromatic nitrogens is 3. The number of alkyl carbamates (subject to hydrolysis) is 1. The van der Waals surface area contributed by atoms with Crippen LogP contribution in [0, 0.1) is 43.9 Å². The van der Waals surface area contributed by atoms with Crippen molar-refractivity contribution in [2.75, 3.05) is 44.7 Å². The Morgan fingerprint density at radius 2 is 1.72 bits per heavy atom. The molecule has 3 aliphatic heterocycles. The van der Waals surface area contributed by atoms with Crippen LogP contribution in [0.1, 0.15) is 82.4 Å². The summed E-state index contributed by atoms with van der Waals surface area (Å²) in [6.07, 6.45) is -1.72. The van der Waals surface area contributed by atoms with Gasteiger partial charge in [-0.25, -0.2) is 9.59 Å². The smallest absolute Gasteiger partial charge is 0.410 e. The average molecular weight is 826 g/mol. The number of amides is 2. The third kappa shape index (κ3) is 8.03. The Bertz CT molecular complexity index is 2380. The van der Waals surface area contributed by atoms with Crippen molar-refractivity contribution < 1.29 is 33.4 Å². The minimum atomic E-state index is -1.06. The lowest BCUT2D eigenvalue weighted by molar-refractivity contribution is -0.168. The zero-order valence-corrected chi connectivity index (χ0v) is 34.9. The van der Waals surface area contributed by atoms with Gasteiger partial charge in [0.2, 0.25) is 12.2 Å². The van der Waals surface area contributed by atoms with E-state index in [0.717, 1.165) is 52.0 Å². The third-order valence-corrected chi connectivity index (χ3v) is 12.0. The Kier molecular flexibility index (Phi) is 11.3. The van der Waals surface area contributed by atoms with Crippen molar-refractivity contribution in [3.63, 3.8) is 0 Å². The molecule has 2 aromatic heterocycles. The third-order valence-electron chi connectivity index (χ3n) is 10.5. The summed E-state index contributed by atoms with van der Waals surface area (Å²) in [6.45, 7) is 13.5. The molecule has 16 heteroatoms. The molecule has 5 heterocycles. The molecule has 2 aromatic carbocycles. The van der Waals surface area contributed by atoms with E-state index in [1.54, 1.807) is 31.3 Å². The van der Waals surface area contributed by atoms with Gasteiger partial charge in [-0.1, -0.05) is 49.4 Å². The molecular formula is C42H44ClN7O7S. The fourth-order valence-electron chi connectivity index (χ4n) is 7.41. The summed E-state index contributed by atoms with van der Waals surface area (Å²) in [4.78, 5) is 60.9. The number of methoxy groups -OCH3 is 1. The Morgan fingerprint density at radius 3 is 2.41 bits per heavy atom. The topological polar surface area (TPSA) is 158 Å². The molecular weight excluding hydrogens is 782 g/mol. The maximum atomic E-state index is 13.9. The van der Waals surface area contributed by atoms with E-state index >= 15 is 0 Å². The number of nitrogens with one attached hydrogen (secondary N) is 1. The number of hydrogen-bond acceptors (Lipinski definition) is 12. The fourth-order valence-corrected chi connectivity index (χ4v) is 8.74. The predicted molar refractivity (Wildman–Crippen MR) is 219 cm³/mol. The molecule has 302 valence electrons. The number of nitrogens with zero attached hydrogens (tertiary/aromatic N) is 6. The van der Waals surface area contributed by atoms with Gasteiger partial charge in [-0.2, -0.15) is 0 Å². The van der Waals surface area contributed by atoms with Gasteiger partial charge in [0.1, 0.15) is 16.9 Å². The van der Waals surface area contributed by atoms with Crippen LogP contribution in [0.5, 0.6) is 0 Å². The molecule has 2 saturated heterocycles. The highest BCUT2D eigenvalue weighted by molar-refractivity contribution is 7.15. The van der Waals surface area contributed by atoms with E-state index < -0.39 is 30.4 Å². The van der Waals surface area contributed by atoms with Crippen molar-refractivity contribution in [3.8, 4) is 16.8 Å². The monoisotopic (exact) mass is 825 g/mol. The van der Waals surface area contributed by atoms with E-state index in [9.17, 15) is 19.2 Å². The summed E-state index contributed by atoms with van der Waals surface area (Å²) in [6, 6.07) is 12.4. The summed E-state index contributed by atoms with van der Waals surface area (Å²) >= 11 is 7.93. The molecule has 2 amide bonds. The zero-order chi connectivity index (χ0) is 41.5. The first-order valence-electron chi connectivity index (χ1n) is 18.9. The van der Waals surface area contributed by atoms with Gasteiger partial charge in [-0.05, 0) is 56.7 Å². The second kappa shape index (κ2) is 16.3. The second-order valence-electron chi connectivity index (χ2n) is 15.2. The summed E-state index contributed by atoms with van der Waals surface area (Å²) in [5, 5.41) is 13.1. The molecule has 1 spiro atoms. The Labute approximate surface area is 345 Å². The van der Waals surface area contributed by atoms with Gasteiger partial charge >= 0.3 is 18.0 Å². The highest BCUT2D eigenvalue weighted by atomic mass is 35.5. The highest BCUT2D eigenvalue weighted by Gasteiger charge is 2.53. The van der Waals surface area contributed by atoms with Crippen molar-refractivity contribution in [2.24, 2.45) is 16.3 Å². The van der Waals surface area contributed by atoms with Gasteiger partial charge in [-0.15, -0.1) is 21.5 Å². The van der Waals surface area contributed by atoms with Crippen LogP contribution in [-0.4, -0.2) is 95.4 Å². The van der Waals surface area contributed by atoms with Gasteiger partial charge < -0.3 is 29.3 Å². The lowest BCUT2D eigenvalue weighted by Gasteiger charge is -2.61. The first-order chi connectivity index (χ1) is 27.7. The Balaban J connectivity index is 1.00. The predicted octanol–water partition coefficient (Wildman–Crippen LogP) is 5.95. The van der Waals surface area contributed by atoms with Crippen LogP contribution in [0.25, 0.3) is 5.00 Å². The number of aryl methyl sites for hydroxylation is 2. The number of benzene rings is 2. The van der Waals surface area contributed by atoms with Crippen LogP contribution in [0.3, 0.4) is 0 Å². The van der Waals surface area contributed by atoms with E-state index in [2.05, 4.69) is 50.7 Å². The van der Waals surface area contributed by atoms with Crippen molar-refractivity contribution >= 4 is 58.3 Å². The molecule has 3 aliphatic rings. The van der Waals surface area contributed by atoms with E-state index in [4.69, 9.17) is 30.8 Å². The number of fused-ring (bicyclic) bond motifs is 3. The molecule has 0 saturated carbocycles. The molecule has 4 aromatic rings. The summed E-state index contributed by atoms with van der Waals surface area (Å²) in [7, 11) is 1.30. The molecule has 1 unspecified atom stereocenters. The number of hydrogen-bond donors (Lipinski definition) is 1. The van der Waals surface area contributed by atoms with Gasteiger partial charge in [0.15, 0.2) is 5.82 Å². The van der Waals surface area contributed by atoms with Crippen LogP contribution in [-0.2, 0) is 23.8 Å². The molecule has 2 fully saturated rings. The molecule has 1 N–H and O–H groups in total. The number of likely N-dealkylation sites (tertiary alicyclic amines) is 1. The molecule has 7 rings (SSSR count). The van der Waals surface area contributed by atoms with Gasteiger partial charge in [-0.3, -0.25) is 19.1 Å². The van der Waals surface area contributed by atoms with E-state index in [1.165, 1.54) is 18.9 Å². The van der Waals surface area contributed by atoms with Crippen molar-refractivity contribution in [3.05, 3.63) is 91.8 Å². The van der Waals surface area contributed by atoms with E-state index in [1.807, 2.05) is 48.2 Å². The lowest BCUT2D eigenvalue weighted by atomic mass is 9.72. The Morgan fingerprint density at radius 1 is 1.00 bits per heavy atom. The van der Waals surface area contributed by atoms with Crippen molar-refractivity contribution in [1.29, 1.82) is 0 Å². The molecule has 14 nitrogen and oxygen atoms in total. The van der Waals surface area contributed by atoms with Crippen molar-refractivity contribution in [2.45, 2.75) is 60.3 Å². The number of carbonyl (C=O) groups is 4. The normalized spacial score (nSPS) is 16.7. The van der Waals surface area contributed by atoms with E-state index in [0.29, 0.717) is 29.5 Å². The number of esters is 2. The number of rotatable bonds is 9. The summed E-state index contributed by atoms with van der Waals surface area (Å²) in [5.41, 5.74) is 5.42. The van der Waals surface area contributed by atoms with E-state index in [-0.39, 0.29) is 35.8 Å². The number of halogens is 1. The van der Waals surface area contributed by atoms with Crippen LogP contribution >= 0.6 is 22.9 Å². The van der Waals surface area contributed by atoms with Crippen LogP contribution < -0.4 is 10.2 Å². The average Bonchev–Trinajstić information content (AvgIpc) is 3.63. The van der Waals surface area contributed by atoms with Crippen LogP contribution in [0.4, 0.5) is 10.5 Å². The lowest BCUT2D eigenvalue weighted by Crippen LogP contribution is -2.73. The molecule has 2 atom stereocenters. The van der Waals surface area contributed by atoms with Crippen LogP contribution in [0.2, 0.25) is 5.02 Å². The van der Waals surface area contributed by atoms with Gasteiger partial charge in [0, 0.05) is 70.8 Å². The largest absolute Gasteiger partial charge is 0.465 e. The maximum absolute atomic E-state index is 13.9. The summed E-state index contributed by atoms with van der Waals surface area (Å²) in [5.74, 6) is 5.81. The first-order valence-corrected chi connectivity index (χ1v) is 20.1. The highest BCUT2D eigenvalue weighted by Crippen LogP contribution is 2.44. The minimum Gasteiger partial charge on any atom is -0.465 e. The second-order valence-corrected chi connectivity index (χ2v) is 16.8. The quantitative estimate of drug-likeness (QED) is 0.122. The minimum absolute atomic E-state index is 0.00199. The van der Waals surface area contributed by atoms with Gasteiger partial charge in [0.25, 0.3) is 0 Å². The number of ether oxygens (including phenoxy) is 3. The molecule has 0 bridgehead atoms. The maximum Gasteiger partial charge on any atom is 0.410 e. The Hall–Kier alpha value is -5.72. The zero-order valence-electron chi connectivity index (χ0n) is 33.3. The molecule has 0 aliphatic carbocycles. The summed E-state index contributed by atoms with van der Waals surface area (Å²) < 4.78 is 17.1. The first kappa shape index (κ1) is 40.5. The fraction of sp³-hybridized carbons (Fsp3) is 0.405. The van der Waals surface area contributed by atoms with Crippen LogP contribution in [0.15, 0.2) is 47.5 Å². The van der Waals surface area contributed by atoms with Gasteiger partial charge in [0.05, 0.1) is 37.3 Å². The molecule has 58 heavy (non-hydrogen) atoms.